The van der Waals surface area contributed by atoms with Crippen molar-refractivity contribution >= 4 is 20.1 Å². The van der Waals surface area contributed by atoms with Gasteiger partial charge in [-0.15, -0.1) is 0 Å². The van der Waals surface area contributed by atoms with Crippen LogP contribution >= 0.6 is 0 Å². The highest BCUT2D eigenvalue weighted by molar-refractivity contribution is 6.74. The number of hydrogen-bond donors (Lipinski definition) is 0. The van der Waals surface area contributed by atoms with Crippen LogP contribution in [0.25, 0.3) is 0 Å². The van der Waals surface area contributed by atoms with E-state index in [2.05, 4.69) is 46.5 Å². The summed E-state index contributed by atoms with van der Waals surface area (Å²) in [6, 6.07) is 0. The Hall–Kier alpha value is -2.02. The molecule has 0 amide bonds. The van der Waals surface area contributed by atoms with E-state index in [1.54, 1.807) is 18.2 Å². The molecule has 0 aliphatic carbocycles. The number of carbonyl (C=O) groups is 2. The molecule has 0 N–H and O–H groups in total. The number of ketones is 1. The zero-order valence-electron chi connectivity index (χ0n) is 22.7. The van der Waals surface area contributed by atoms with Gasteiger partial charge in [0.15, 0.2) is 14.1 Å². The molecule has 194 valence electrons. The number of cyclic esters (lactones) is 1. The molecule has 2 aliphatic rings. The lowest BCUT2D eigenvalue weighted by atomic mass is 9.95. The van der Waals surface area contributed by atoms with E-state index in [-0.39, 0.29) is 23.0 Å². The lowest BCUT2D eigenvalue weighted by molar-refractivity contribution is -0.144. The van der Waals surface area contributed by atoms with E-state index in [0.717, 1.165) is 29.6 Å². The summed E-state index contributed by atoms with van der Waals surface area (Å²) in [7, 11) is -2.00. The molecule has 0 saturated carbocycles. The largest absolute Gasteiger partial charge is 0.456 e. The molecule has 35 heavy (non-hydrogen) atoms. The minimum absolute atomic E-state index is 0.00310. The van der Waals surface area contributed by atoms with Crippen molar-refractivity contribution in [2.45, 2.75) is 103 Å². The maximum absolute atomic E-state index is 12.6. The van der Waals surface area contributed by atoms with Crippen LogP contribution in [0.15, 0.2) is 59.8 Å². The average molecular weight is 501 g/mol. The highest BCUT2D eigenvalue weighted by Crippen LogP contribution is 2.37. The first-order valence-electron chi connectivity index (χ1n) is 12.6. The van der Waals surface area contributed by atoms with Crippen molar-refractivity contribution in [2.24, 2.45) is 0 Å². The topological polar surface area (TPSA) is 61.8 Å². The van der Waals surface area contributed by atoms with Gasteiger partial charge < -0.3 is 13.9 Å². The van der Waals surface area contributed by atoms with Crippen molar-refractivity contribution in [3.63, 3.8) is 0 Å². The second-order valence-corrected chi connectivity index (χ2v) is 16.3. The van der Waals surface area contributed by atoms with Gasteiger partial charge in [-0.25, -0.2) is 4.79 Å². The second-order valence-electron chi connectivity index (χ2n) is 11.5. The van der Waals surface area contributed by atoms with E-state index in [0.29, 0.717) is 25.9 Å². The van der Waals surface area contributed by atoms with Crippen molar-refractivity contribution in [2.75, 3.05) is 6.61 Å². The quantitative estimate of drug-likeness (QED) is 0.243. The number of carbonyl (C=O) groups excluding carboxylic acids is 2. The normalized spacial score (nSPS) is 30.7. The molecule has 1 saturated heterocycles. The second kappa shape index (κ2) is 12.8. The molecule has 0 unspecified atom stereocenters. The Kier molecular flexibility index (Phi) is 10.7. The molecule has 2 aliphatic heterocycles. The number of allylic oxidation sites excluding steroid dienone is 4. The fraction of sp³-hybridized carbons (Fsp3) is 0.586. The van der Waals surface area contributed by atoms with E-state index >= 15 is 0 Å². The van der Waals surface area contributed by atoms with Crippen molar-refractivity contribution < 1.29 is 23.5 Å². The summed E-state index contributed by atoms with van der Waals surface area (Å²) in [5.41, 5.74) is 3.12. The predicted molar refractivity (Wildman–Crippen MR) is 145 cm³/mol. The molecule has 6 heteroatoms. The molecule has 3 atom stereocenters. The molecule has 0 aromatic heterocycles. The summed E-state index contributed by atoms with van der Waals surface area (Å²) < 4.78 is 18.5. The predicted octanol–water partition coefficient (Wildman–Crippen LogP) is 6.78. The van der Waals surface area contributed by atoms with Crippen LogP contribution in [0.4, 0.5) is 0 Å². The minimum Gasteiger partial charge on any atom is -0.456 e. The van der Waals surface area contributed by atoms with Crippen LogP contribution in [0, 0.1) is 0 Å². The Labute approximate surface area is 213 Å². The fourth-order valence-electron chi connectivity index (χ4n) is 3.91. The third-order valence-electron chi connectivity index (χ3n) is 6.88. The van der Waals surface area contributed by atoms with Gasteiger partial charge in [0.25, 0.3) is 0 Å². The van der Waals surface area contributed by atoms with E-state index in [9.17, 15) is 9.59 Å². The van der Waals surface area contributed by atoms with Gasteiger partial charge in [0.2, 0.25) is 0 Å². The van der Waals surface area contributed by atoms with E-state index in [1.165, 1.54) is 6.08 Å². The Morgan fingerprint density at radius 2 is 1.80 bits per heavy atom. The zero-order chi connectivity index (χ0) is 26.2. The van der Waals surface area contributed by atoms with Crippen molar-refractivity contribution in [1.82, 2.24) is 0 Å². The minimum atomic E-state index is -2.00. The standard InChI is InChI=1S/C29H44O5Si/c1-21-11-9-14-28(31)34-27(20-32-35(7,8)29(4,5)6)19-23(3)18-26-17-22(2)16-25(33-26)13-10-12-24(30)15-21/h9-12,14,18,25-27H,2,13,15-17,19-20H2,1,3-8H3/b12-10+,14-9+,21-11-,23-18+/t25-,26-,27+/m0/s1. The van der Waals surface area contributed by atoms with Crippen LogP contribution in [0.1, 0.15) is 66.7 Å². The lowest BCUT2D eigenvalue weighted by Crippen LogP contribution is -2.43. The summed E-state index contributed by atoms with van der Waals surface area (Å²) in [6.45, 7) is 19.5. The molecule has 0 radical (unpaired) electrons. The summed E-state index contributed by atoms with van der Waals surface area (Å²) >= 11 is 0. The fourth-order valence-corrected chi connectivity index (χ4v) is 4.94. The Morgan fingerprint density at radius 3 is 2.49 bits per heavy atom. The first-order chi connectivity index (χ1) is 16.2. The Balaban J connectivity index is 2.27. The number of fused-ring (bicyclic) bond motifs is 2. The van der Waals surface area contributed by atoms with Gasteiger partial charge in [0, 0.05) is 18.9 Å². The average Bonchev–Trinajstić information content (AvgIpc) is 2.70. The van der Waals surface area contributed by atoms with Crippen LogP contribution in [-0.4, -0.2) is 45.0 Å². The molecule has 0 aromatic rings. The van der Waals surface area contributed by atoms with Crippen molar-refractivity contribution in [1.29, 1.82) is 0 Å². The SMILES string of the molecule is C=C1C[C@@H]2C/C=C/C(=O)C/C(C)=C\C=C\C(=O)O[C@@H](CO[Si](C)(C)C(C)(C)C)C/C(C)=C/[C@H](C1)O2. The zero-order valence-corrected chi connectivity index (χ0v) is 23.7. The molecule has 1 fully saturated rings. The Morgan fingerprint density at radius 1 is 1.09 bits per heavy atom. The molecule has 5 nitrogen and oxygen atoms in total. The van der Waals surface area contributed by atoms with E-state index < -0.39 is 20.4 Å². The van der Waals surface area contributed by atoms with Crippen LogP contribution in [-0.2, 0) is 23.5 Å². The molecular formula is C29H44O5Si. The summed E-state index contributed by atoms with van der Waals surface area (Å²) in [5, 5.41) is 0.0663. The van der Waals surface area contributed by atoms with Crippen LogP contribution in [0.2, 0.25) is 18.1 Å². The third-order valence-corrected chi connectivity index (χ3v) is 11.4. The van der Waals surface area contributed by atoms with Gasteiger partial charge >= 0.3 is 5.97 Å². The number of esters is 1. The van der Waals surface area contributed by atoms with Gasteiger partial charge in [-0.05, 0) is 57.3 Å². The van der Waals surface area contributed by atoms with E-state index in [4.69, 9.17) is 13.9 Å². The summed E-state index contributed by atoms with van der Waals surface area (Å²) in [5.74, 6) is -0.388. The molecule has 2 bridgehead atoms. The van der Waals surface area contributed by atoms with Gasteiger partial charge in [0.1, 0.15) is 6.10 Å². The van der Waals surface area contributed by atoms with Crippen molar-refractivity contribution in [3.8, 4) is 0 Å². The third kappa shape index (κ3) is 10.2. The van der Waals surface area contributed by atoms with Gasteiger partial charge in [-0.3, -0.25) is 4.79 Å². The number of ether oxygens (including phenoxy) is 2. The monoisotopic (exact) mass is 500 g/mol. The van der Waals surface area contributed by atoms with Crippen LogP contribution < -0.4 is 0 Å². The molecule has 2 heterocycles. The smallest absolute Gasteiger partial charge is 0.331 e. The summed E-state index contributed by atoms with van der Waals surface area (Å²) in [6.07, 6.45) is 13.1. The van der Waals surface area contributed by atoms with Gasteiger partial charge in [-0.1, -0.05) is 68.4 Å². The number of rotatable bonds is 3. The maximum Gasteiger partial charge on any atom is 0.331 e. The van der Waals surface area contributed by atoms with Crippen LogP contribution in [0.3, 0.4) is 0 Å². The highest BCUT2D eigenvalue weighted by atomic mass is 28.4. The van der Waals surface area contributed by atoms with Gasteiger partial charge in [0.05, 0.1) is 18.8 Å². The van der Waals surface area contributed by atoms with Crippen LogP contribution in [0.5, 0.6) is 0 Å². The molecular weight excluding hydrogens is 456 g/mol. The first kappa shape index (κ1) is 29.2. The highest BCUT2D eigenvalue weighted by Gasteiger charge is 2.38. The maximum atomic E-state index is 12.6. The first-order valence-corrected chi connectivity index (χ1v) is 15.5. The van der Waals surface area contributed by atoms with Crippen molar-refractivity contribution in [3.05, 3.63) is 59.8 Å². The Bertz CT molecular complexity index is 901. The molecule has 2 rings (SSSR count). The molecule has 0 aromatic carbocycles. The lowest BCUT2D eigenvalue weighted by Gasteiger charge is -2.37. The summed E-state index contributed by atoms with van der Waals surface area (Å²) in [4.78, 5) is 24.9. The van der Waals surface area contributed by atoms with Gasteiger partial charge in [-0.2, -0.15) is 0 Å². The number of hydrogen-bond acceptors (Lipinski definition) is 5. The van der Waals surface area contributed by atoms with E-state index in [1.807, 2.05) is 19.9 Å². The molecule has 0 spiro atoms.